The molecule has 48 heavy (non-hydrogen) atoms. The molecule has 3 atom stereocenters. The van der Waals surface area contributed by atoms with Gasteiger partial charge in [-0.2, -0.15) is 9.36 Å². The number of ether oxygens (including phenoxy) is 1. The highest BCUT2D eigenvalue weighted by molar-refractivity contribution is 8.93. The lowest BCUT2D eigenvalue weighted by Gasteiger charge is -2.49. The van der Waals surface area contributed by atoms with E-state index in [9.17, 15) is 39.1 Å². The van der Waals surface area contributed by atoms with Crippen LogP contribution in [-0.2, 0) is 30.5 Å². The zero-order valence-corrected chi connectivity index (χ0v) is 28.2. The second-order valence-electron chi connectivity index (χ2n) is 10.7. The summed E-state index contributed by atoms with van der Waals surface area (Å²) >= 11 is 1.97. The van der Waals surface area contributed by atoms with Gasteiger partial charge in [0.2, 0.25) is 17.4 Å². The number of carboxylic acid groups (broad SMARTS) is 1. The Morgan fingerprint density at radius 3 is 2.65 bits per heavy atom. The number of likely N-dealkylation sites (tertiary alicyclic amines) is 2. The largest absolute Gasteiger partial charge is 0.519 e. The summed E-state index contributed by atoms with van der Waals surface area (Å²) in [5.74, 6) is -4.02. The van der Waals surface area contributed by atoms with Crippen molar-refractivity contribution in [2.45, 2.75) is 43.8 Å². The number of carboxylic acids is 1. The summed E-state index contributed by atoms with van der Waals surface area (Å²) in [6.07, 6.45) is 1.68. The quantitative estimate of drug-likeness (QED) is 0.0908. The molecular weight excluding hydrogens is 744 g/mol. The van der Waals surface area contributed by atoms with Gasteiger partial charge < -0.3 is 44.7 Å². The van der Waals surface area contributed by atoms with E-state index in [-0.39, 0.29) is 81.6 Å². The maximum Gasteiger partial charge on any atom is 0.519 e. The first-order valence-corrected chi connectivity index (χ1v) is 15.8. The molecule has 5 N–H and O–H groups in total. The Morgan fingerprint density at radius 2 is 2.00 bits per heavy atom. The molecule has 4 aliphatic heterocycles. The van der Waals surface area contributed by atoms with Gasteiger partial charge in [0.25, 0.3) is 11.8 Å². The number of fused-ring (bicyclic) bond motifs is 1. The smallest absolute Gasteiger partial charge is 0.477 e. The van der Waals surface area contributed by atoms with Crippen LogP contribution in [0.15, 0.2) is 41.7 Å². The molecule has 0 aromatic carbocycles. The summed E-state index contributed by atoms with van der Waals surface area (Å²) in [5, 5.41) is 24.0. The lowest BCUT2D eigenvalue weighted by molar-refractivity contribution is -0.150. The first-order valence-electron chi connectivity index (χ1n) is 14.0. The summed E-state index contributed by atoms with van der Waals surface area (Å²) in [7, 11) is 0. The molecular formula is C26H27BrN8O11S2. The van der Waals surface area contributed by atoms with Crippen molar-refractivity contribution in [2.75, 3.05) is 31.1 Å². The van der Waals surface area contributed by atoms with E-state index in [4.69, 9.17) is 19.3 Å². The van der Waals surface area contributed by atoms with Gasteiger partial charge in [-0.1, -0.05) is 5.16 Å². The van der Waals surface area contributed by atoms with Crippen LogP contribution in [-0.4, -0.2) is 113 Å². The number of hydrogen-bond acceptors (Lipinski definition) is 16. The van der Waals surface area contributed by atoms with Gasteiger partial charge in [-0.3, -0.25) is 19.3 Å². The van der Waals surface area contributed by atoms with Crippen LogP contribution in [0.5, 0.6) is 0 Å². The van der Waals surface area contributed by atoms with Gasteiger partial charge in [0, 0.05) is 42.5 Å². The third kappa shape index (κ3) is 6.41. The molecule has 0 radical (unpaired) electrons. The van der Waals surface area contributed by atoms with E-state index >= 15 is 0 Å². The van der Waals surface area contributed by atoms with Crippen molar-refractivity contribution in [3.8, 4) is 0 Å². The van der Waals surface area contributed by atoms with Crippen molar-refractivity contribution in [3.63, 3.8) is 0 Å². The predicted molar refractivity (Wildman–Crippen MR) is 169 cm³/mol. The van der Waals surface area contributed by atoms with Crippen LogP contribution in [0.3, 0.4) is 0 Å². The van der Waals surface area contributed by atoms with Gasteiger partial charge in [0.1, 0.15) is 17.1 Å². The third-order valence-corrected chi connectivity index (χ3v) is 9.83. The van der Waals surface area contributed by atoms with Crippen molar-refractivity contribution in [1.82, 2.24) is 29.4 Å². The number of nitrogens with zero attached hydrogens (tertiary/aromatic N) is 6. The second kappa shape index (κ2) is 13.8. The van der Waals surface area contributed by atoms with E-state index in [1.165, 1.54) is 29.7 Å². The molecule has 6 rings (SSSR count). The van der Waals surface area contributed by atoms with Gasteiger partial charge in [0.15, 0.2) is 23.3 Å². The van der Waals surface area contributed by atoms with E-state index < -0.39 is 46.8 Å². The minimum absolute atomic E-state index is 0. The number of aromatic nitrogens is 2. The van der Waals surface area contributed by atoms with Gasteiger partial charge in [-0.05, 0) is 31.4 Å². The average Bonchev–Trinajstić information content (AvgIpc) is 3.83. The number of carbonyl (C=O) groups excluding carboxylic acids is 4. The molecule has 22 heteroatoms. The Balaban J connectivity index is 0.00000451. The molecule has 2 aromatic heterocycles. The van der Waals surface area contributed by atoms with Crippen molar-refractivity contribution >= 4 is 80.9 Å². The van der Waals surface area contributed by atoms with Gasteiger partial charge in [-0.25, -0.2) is 14.4 Å². The molecule has 2 aromatic rings. The van der Waals surface area contributed by atoms with Gasteiger partial charge >= 0.3 is 17.9 Å². The Bertz CT molecular complexity index is 1830. The first kappa shape index (κ1) is 34.6. The summed E-state index contributed by atoms with van der Waals surface area (Å²) < 4.78 is 18.6. The van der Waals surface area contributed by atoms with E-state index in [1.54, 1.807) is 4.90 Å². The molecule has 0 saturated carbocycles. The Morgan fingerprint density at radius 1 is 1.23 bits per heavy atom. The van der Waals surface area contributed by atoms with Gasteiger partial charge in [-0.15, -0.1) is 28.7 Å². The van der Waals surface area contributed by atoms with Crippen LogP contribution in [0.2, 0.25) is 0 Å². The van der Waals surface area contributed by atoms with E-state index in [0.717, 1.165) is 16.4 Å². The molecule has 0 bridgehead atoms. The van der Waals surface area contributed by atoms with E-state index in [1.807, 2.05) is 0 Å². The van der Waals surface area contributed by atoms with E-state index in [0.29, 0.717) is 31.5 Å². The molecule has 0 aliphatic carbocycles. The fourth-order valence-corrected chi connectivity index (χ4v) is 7.44. The first-order chi connectivity index (χ1) is 22.5. The highest BCUT2D eigenvalue weighted by atomic mass is 79.9. The Kier molecular flexibility index (Phi) is 9.96. The Hall–Kier alpha value is -4.70. The van der Waals surface area contributed by atoms with Crippen LogP contribution in [0.4, 0.5) is 9.93 Å². The molecule has 3 saturated heterocycles. The number of hydrogen-bond donors (Lipinski definition) is 4. The highest BCUT2D eigenvalue weighted by Crippen LogP contribution is 2.41. The number of nitrogens with two attached hydrogens (primary N) is 1. The van der Waals surface area contributed by atoms with Crippen molar-refractivity contribution in [3.05, 3.63) is 50.9 Å². The summed E-state index contributed by atoms with van der Waals surface area (Å²) in [6, 6.07) is -1.41. The second-order valence-corrected chi connectivity index (χ2v) is 12.6. The van der Waals surface area contributed by atoms with Crippen LogP contribution in [0.25, 0.3) is 0 Å². The topological polar surface area (TPSA) is 264 Å². The number of amides is 4. The number of aryl methyl sites for hydroxylation is 1. The van der Waals surface area contributed by atoms with E-state index in [2.05, 4.69) is 19.8 Å². The highest BCUT2D eigenvalue weighted by Gasteiger charge is 2.54. The number of oxime groups is 1. The van der Waals surface area contributed by atoms with Crippen LogP contribution < -0.4 is 16.9 Å². The lowest BCUT2D eigenvalue weighted by Crippen LogP contribution is -2.71. The molecule has 4 aliphatic rings. The van der Waals surface area contributed by atoms with Crippen molar-refractivity contribution in [2.24, 2.45) is 5.16 Å². The number of rotatable bonds is 8. The number of anilines is 1. The number of nitrogens with one attached hydrogen (secondary N) is 1. The third-order valence-electron chi connectivity index (χ3n) is 7.99. The van der Waals surface area contributed by atoms with Crippen molar-refractivity contribution in [1.29, 1.82) is 0 Å². The summed E-state index contributed by atoms with van der Waals surface area (Å²) in [5.41, 5.74) is 5.29. The van der Waals surface area contributed by atoms with Crippen LogP contribution >= 0.6 is 40.3 Å². The number of thioether (sulfide) groups is 1. The minimum Gasteiger partial charge on any atom is -0.477 e. The number of nitrogen functional groups attached to an aromatic ring is 1. The predicted octanol–water partition coefficient (Wildman–Crippen LogP) is 0.0395. The maximum atomic E-state index is 13.4. The Labute approximate surface area is 288 Å². The van der Waals surface area contributed by atoms with Crippen LogP contribution in [0.1, 0.15) is 30.2 Å². The zero-order chi connectivity index (χ0) is 33.6. The standard InChI is InChI=1S/C26H26N8O11S2.BrH/c1-10-14(45-26(41)44-10)8-43-25(40)32-4-3-13(7-32)33-5-2-11(20(33)36)6-12-9-46-22-16(21(37)34(22)17(12)23(38)39)28-19(35)15(30-42)18-29-24(27)47-31-18;/h6,13,16,22,42H,2-5,7-9H2,1H3,(H,28,35)(H,38,39)(H2,27,29,31);1H/b11-6+,30-15+;/t13-,16-,22-;/m1./s1. The number of allylic oxidation sites excluding steroid dienone is 1. The molecule has 6 heterocycles. The minimum atomic E-state index is -1.38. The SMILES string of the molecule is Br.Cc1oc(=O)oc1COC(=O)N1CC[C@@H](N2CC/C(=C\C3=C(C(=O)O)N4C(=O)[C@@H](NC(=O)/C(=N/O)c5nsc(N)n5)[C@H]4SC3)C2=O)C1. The van der Waals surface area contributed by atoms with Crippen LogP contribution in [0, 0.1) is 6.92 Å². The number of carbonyl (C=O) groups is 5. The average molecular weight is 772 g/mol. The normalized spacial score (nSPS) is 23.3. The molecule has 4 amide bonds. The fraction of sp³-hybridized carbons (Fsp3) is 0.423. The summed E-state index contributed by atoms with van der Waals surface area (Å²) in [6.45, 7) is 2.14. The maximum absolute atomic E-state index is 13.4. The fourth-order valence-electron chi connectivity index (χ4n) is 5.70. The lowest BCUT2D eigenvalue weighted by atomic mass is 10.0. The number of β-lactam (4-membered cyclic amide) rings is 1. The van der Waals surface area contributed by atoms with Gasteiger partial charge in [0.05, 0.1) is 6.04 Å². The molecule has 256 valence electrons. The number of aliphatic carboxylic acids is 1. The zero-order valence-electron chi connectivity index (χ0n) is 24.8. The monoisotopic (exact) mass is 770 g/mol. The molecule has 3 fully saturated rings. The molecule has 0 spiro atoms. The molecule has 0 unspecified atom stereocenters. The van der Waals surface area contributed by atoms with Crippen molar-refractivity contribution < 1.29 is 47.9 Å². The number of halogens is 1. The summed E-state index contributed by atoms with van der Waals surface area (Å²) in [4.78, 5) is 83.2. The molecule has 19 nitrogen and oxygen atoms in total.